The first kappa shape index (κ1) is 21.2. The maximum absolute atomic E-state index is 11.9. The van der Waals surface area contributed by atoms with Crippen molar-refractivity contribution < 1.29 is 9.59 Å². The van der Waals surface area contributed by atoms with E-state index in [0.717, 1.165) is 53.2 Å². The molecule has 1 atom stereocenters. The predicted octanol–water partition coefficient (Wildman–Crippen LogP) is 5.28. The largest absolute Gasteiger partial charge is 0.354 e. The summed E-state index contributed by atoms with van der Waals surface area (Å²) in [7, 11) is 0. The van der Waals surface area contributed by atoms with E-state index < -0.39 is 0 Å². The maximum atomic E-state index is 11.9. The third-order valence-electron chi connectivity index (χ3n) is 5.42. The van der Waals surface area contributed by atoms with Crippen LogP contribution in [0.4, 0.5) is 5.69 Å². The topological polar surface area (TPSA) is 71.1 Å². The molecule has 1 aliphatic carbocycles. The maximum Gasteiger partial charge on any atom is 0.227 e. The summed E-state index contributed by atoms with van der Waals surface area (Å²) in [4.78, 5) is 27.8. The lowest BCUT2D eigenvalue weighted by Crippen LogP contribution is -2.30. The molecular formula is C25H27N3O2S. The molecule has 3 aromatic rings. The van der Waals surface area contributed by atoms with Crippen LogP contribution in [0.5, 0.6) is 0 Å². The van der Waals surface area contributed by atoms with Gasteiger partial charge in [0.1, 0.15) is 5.01 Å². The first-order valence-corrected chi connectivity index (χ1v) is 11.6. The second-order valence-electron chi connectivity index (χ2n) is 8.22. The second kappa shape index (κ2) is 9.43. The number of nitrogens with zero attached hydrogens (tertiary/aromatic N) is 1. The summed E-state index contributed by atoms with van der Waals surface area (Å²) in [6.45, 7) is 3.58. The van der Waals surface area contributed by atoms with E-state index in [0.29, 0.717) is 0 Å². The average molecular weight is 434 g/mol. The Morgan fingerprint density at radius 2 is 1.74 bits per heavy atom. The molecule has 0 saturated heterocycles. The predicted molar refractivity (Wildman–Crippen MR) is 126 cm³/mol. The van der Waals surface area contributed by atoms with Crippen molar-refractivity contribution in [2.45, 2.75) is 45.6 Å². The minimum atomic E-state index is 0.0137. The third-order valence-corrected chi connectivity index (χ3v) is 6.31. The molecule has 1 saturated carbocycles. The van der Waals surface area contributed by atoms with E-state index in [1.807, 2.05) is 31.2 Å². The minimum absolute atomic E-state index is 0.0137. The van der Waals surface area contributed by atoms with Gasteiger partial charge in [0.05, 0.1) is 5.69 Å². The van der Waals surface area contributed by atoms with Gasteiger partial charge in [-0.15, -0.1) is 11.3 Å². The van der Waals surface area contributed by atoms with E-state index in [1.54, 1.807) is 18.3 Å². The molecule has 0 aliphatic heterocycles. The Bertz CT molecular complexity index is 1050. The second-order valence-corrected chi connectivity index (χ2v) is 9.07. The van der Waals surface area contributed by atoms with E-state index in [2.05, 4.69) is 40.3 Å². The standard InChI is InChI=1S/C25H27N3O2S/c1-16(26-17(2)29)3-4-18-5-7-19(8-6-18)23-15-31-25(28-23)21-11-13-22(14-12-21)27-24(30)20-9-10-20/h5-8,11-16,20H,3-4,9-10H2,1-2H3,(H,26,29)(H,27,30)/t16-/m1/s1. The van der Waals surface area contributed by atoms with Gasteiger partial charge in [-0.05, 0) is 62.4 Å². The van der Waals surface area contributed by atoms with Gasteiger partial charge in [-0.2, -0.15) is 0 Å². The molecular weight excluding hydrogens is 406 g/mol. The van der Waals surface area contributed by atoms with Crippen molar-refractivity contribution in [2.75, 3.05) is 5.32 Å². The van der Waals surface area contributed by atoms with Gasteiger partial charge in [-0.25, -0.2) is 4.98 Å². The van der Waals surface area contributed by atoms with E-state index in [9.17, 15) is 9.59 Å². The molecule has 0 spiro atoms. The van der Waals surface area contributed by atoms with E-state index in [4.69, 9.17) is 4.98 Å². The van der Waals surface area contributed by atoms with Crippen molar-refractivity contribution in [1.29, 1.82) is 0 Å². The molecule has 0 radical (unpaired) electrons. The fraction of sp³-hybridized carbons (Fsp3) is 0.320. The Labute approximate surface area is 186 Å². The Balaban J connectivity index is 1.36. The highest BCUT2D eigenvalue weighted by Crippen LogP contribution is 2.32. The zero-order valence-corrected chi connectivity index (χ0v) is 18.7. The number of hydrogen-bond donors (Lipinski definition) is 2. The smallest absolute Gasteiger partial charge is 0.227 e. The molecule has 2 N–H and O–H groups in total. The molecule has 160 valence electrons. The average Bonchev–Trinajstić information content (AvgIpc) is 3.50. The van der Waals surface area contributed by atoms with Crippen LogP contribution < -0.4 is 10.6 Å². The number of aryl methyl sites for hydroxylation is 1. The Morgan fingerprint density at radius 3 is 2.39 bits per heavy atom. The van der Waals surface area contributed by atoms with Crippen LogP contribution in [0.25, 0.3) is 21.8 Å². The van der Waals surface area contributed by atoms with Crippen LogP contribution in [0, 0.1) is 5.92 Å². The van der Waals surface area contributed by atoms with Crippen LogP contribution in [-0.4, -0.2) is 22.8 Å². The molecule has 0 bridgehead atoms. The third kappa shape index (κ3) is 5.79. The number of thiazole rings is 1. The number of benzene rings is 2. The molecule has 1 aliphatic rings. The number of anilines is 1. The Morgan fingerprint density at radius 1 is 1.06 bits per heavy atom. The number of aromatic nitrogens is 1. The van der Waals surface area contributed by atoms with Crippen LogP contribution in [0.3, 0.4) is 0 Å². The van der Waals surface area contributed by atoms with Gasteiger partial charge in [0.25, 0.3) is 0 Å². The molecule has 0 unspecified atom stereocenters. The lowest BCUT2D eigenvalue weighted by Gasteiger charge is -2.12. The SMILES string of the molecule is CC(=O)N[C@H](C)CCc1ccc(-c2csc(-c3ccc(NC(=O)C4CC4)cc3)n2)cc1. The Hall–Kier alpha value is -2.99. The number of carbonyl (C=O) groups is 2. The van der Waals surface area contributed by atoms with Gasteiger partial charge in [-0.1, -0.05) is 24.3 Å². The van der Waals surface area contributed by atoms with Crippen molar-refractivity contribution in [1.82, 2.24) is 10.3 Å². The summed E-state index contributed by atoms with van der Waals surface area (Å²) in [6.07, 6.45) is 3.84. The summed E-state index contributed by atoms with van der Waals surface area (Å²) in [5.41, 5.74) is 5.18. The quantitative estimate of drug-likeness (QED) is 0.507. The molecule has 6 heteroatoms. The number of hydrogen-bond acceptors (Lipinski definition) is 4. The van der Waals surface area contributed by atoms with Gasteiger partial charge in [-0.3, -0.25) is 9.59 Å². The molecule has 2 aromatic carbocycles. The summed E-state index contributed by atoms with van der Waals surface area (Å²) < 4.78 is 0. The highest BCUT2D eigenvalue weighted by atomic mass is 32.1. The van der Waals surface area contributed by atoms with Crippen LogP contribution in [0.1, 0.15) is 38.7 Å². The summed E-state index contributed by atoms with van der Waals surface area (Å²) >= 11 is 1.62. The molecule has 1 fully saturated rings. The normalized spacial score (nSPS) is 14.1. The van der Waals surface area contributed by atoms with E-state index >= 15 is 0 Å². The molecule has 1 heterocycles. The van der Waals surface area contributed by atoms with Crippen LogP contribution in [-0.2, 0) is 16.0 Å². The van der Waals surface area contributed by atoms with Gasteiger partial charge in [0.2, 0.25) is 11.8 Å². The fourth-order valence-corrected chi connectivity index (χ4v) is 4.30. The van der Waals surface area contributed by atoms with Crippen molar-refractivity contribution in [3.05, 3.63) is 59.5 Å². The van der Waals surface area contributed by atoms with Crippen LogP contribution >= 0.6 is 11.3 Å². The Kier molecular flexibility index (Phi) is 6.47. The molecule has 5 nitrogen and oxygen atoms in total. The van der Waals surface area contributed by atoms with Crippen LogP contribution in [0.2, 0.25) is 0 Å². The fourth-order valence-electron chi connectivity index (χ4n) is 3.47. The van der Waals surface area contributed by atoms with Crippen molar-refractivity contribution in [3.63, 3.8) is 0 Å². The zero-order valence-electron chi connectivity index (χ0n) is 17.9. The number of carbonyl (C=O) groups excluding carboxylic acids is 2. The van der Waals surface area contributed by atoms with Crippen molar-refractivity contribution >= 4 is 28.8 Å². The molecule has 1 aromatic heterocycles. The first-order valence-electron chi connectivity index (χ1n) is 10.7. The van der Waals surface area contributed by atoms with Gasteiger partial charge in [0.15, 0.2) is 0 Å². The molecule has 2 amide bonds. The summed E-state index contributed by atoms with van der Waals surface area (Å²) in [5, 5.41) is 8.93. The lowest BCUT2D eigenvalue weighted by molar-refractivity contribution is -0.119. The van der Waals surface area contributed by atoms with Crippen LogP contribution in [0.15, 0.2) is 53.9 Å². The number of amides is 2. The number of nitrogens with one attached hydrogen (secondary N) is 2. The molecule has 31 heavy (non-hydrogen) atoms. The lowest BCUT2D eigenvalue weighted by atomic mass is 10.0. The van der Waals surface area contributed by atoms with Gasteiger partial charge < -0.3 is 10.6 Å². The van der Waals surface area contributed by atoms with Crippen molar-refractivity contribution in [2.24, 2.45) is 5.92 Å². The molecule has 4 rings (SSSR count). The minimum Gasteiger partial charge on any atom is -0.354 e. The van der Waals surface area contributed by atoms with Crippen molar-refractivity contribution in [3.8, 4) is 21.8 Å². The monoisotopic (exact) mass is 433 g/mol. The first-order chi connectivity index (χ1) is 15.0. The highest BCUT2D eigenvalue weighted by Gasteiger charge is 2.29. The summed E-state index contributed by atoms with van der Waals surface area (Å²) in [6, 6.07) is 16.5. The summed E-state index contributed by atoms with van der Waals surface area (Å²) in [5.74, 6) is 0.338. The van der Waals surface area contributed by atoms with E-state index in [1.165, 1.54) is 5.56 Å². The van der Waals surface area contributed by atoms with Gasteiger partial charge in [0, 0.05) is 41.1 Å². The number of rotatable bonds is 8. The highest BCUT2D eigenvalue weighted by molar-refractivity contribution is 7.13. The van der Waals surface area contributed by atoms with Gasteiger partial charge >= 0.3 is 0 Å². The van der Waals surface area contributed by atoms with E-state index in [-0.39, 0.29) is 23.8 Å². The zero-order chi connectivity index (χ0) is 21.8.